The zero-order chi connectivity index (χ0) is 9.78. The maximum Gasteiger partial charge on any atom is 0.240 e. The molecule has 2 atom stereocenters. The quantitative estimate of drug-likeness (QED) is 0.543. The molecule has 12 heavy (non-hydrogen) atoms. The van der Waals surface area contributed by atoms with Crippen molar-refractivity contribution in [3.63, 3.8) is 0 Å². The number of hydrogen-bond acceptors (Lipinski definition) is 3. The first kappa shape index (κ1) is 11.4. The number of carbonyl (C=O) groups is 1. The average molecular weight is 174 g/mol. The second-order valence-corrected chi connectivity index (χ2v) is 3.33. The van der Waals surface area contributed by atoms with E-state index in [0.29, 0.717) is 6.42 Å². The average Bonchev–Trinajstić information content (AvgIpc) is 2.04. The van der Waals surface area contributed by atoms with Crippen LogP contribution >= 0.6 is 0 Å². The third-order valence-corrected chi connectivity index (χ3v) is 1.90. The van der Waals surface area contributed by atoms with E-state index in [-0.39, 0.29) is 18.6 Å². The Balaban J connectivity index is 4.03. The highest BCUT2D eigenvalue weighted by molar-refractivity contribution is 5.85. The van der Waals surface area contributed by atoms with E-state index in [1.165, 1.54) is 0 Å². The lowest BCUT2D eigenvalue weighted by Crippen LogP contribution is -2.53. The van der Waals surface area contributed by atoms with Crippen molar-refractivity contribution in [2.45, 2.75) is 38.8 Å². The third kappa shape index (κ3) is 3.19. The van der Waals surface area contributed by atoms with Gasteiger partial charge in [0.1, 0.15) is 0 Å². The van der Waals surface area contributed by atoms with Gasteiger partial charge in [0.15, 0.2) is 0 Å². The molecular weight excluding hydrogens is 156 g/mol. The molecule has 1 unspecified atom stereocenters. The van der Waals surface area contributed by atoms with Gasteiger partial charge < -0.3 is 16.2 Å². The van der Waals surface area contributed by atoms with Crippen molar-refractivity contribution in [2.75, 3.05) is 6.61 Å². The predicted molar refractivity (Wildman–Crippen MR) is 47.6 cm³/mol. The van der Waals surface area contributed by atoms with Crippen molar-refractivity contribution >= 4 is 5.91 Å². The molecule has 4 N–H and O–H groups in total. The molecule has 0 aromatic heterocycles. The second kappa shape index (κ2) is 4.42. The van der Waals surface area contributed by atoms with Crippen molar-refractivity contribution in [3.05, 3.63) is 0 Å². The van der Waals surface area contributed by atoms with Gasteiger partial charge in [-0.2, -0.15) is 0 Å². The first-order valence-electron chi connectivity index (χ1n) is 4.14. The molecule has 0 spiro atoms. The summed E-state index contributed by atoms with van der Waals surface area (Å²) >= 11 is 0. The summed E-state index contributed by atoms with van der Waals surface area (Å²) in [7, 11) is 0. The molecule has 0 aliphatic rings. The largest absolute Gasteiger partial charge is 0.394 e. The molecule has 1 amide bonds. The molecule has 0 saturated carbocycles. The Bertz CT molecular complexity index is 157. The Morgan fingerprint density at radius 1 is 1.75 bits per heavy atom. The number of aliphatic hydroxyl groups is 1. The summed E-state index contributed by atoms with van der Waals surface area (Å²) in [6, 6.07) is -0.230. The van der Waals surface area contributed by atoms with Crippen molar-refractivity contribution in [2.24, 2.45) is 5.73 Å². The van der Waals surface area contributed by atoms with Crippen molar-refractivity contribution in [1.29, 1.82) is 0 Å². The fourth-order valence-electron chi connectivity index (χ4n) is 0.595. The molecule has 0 fully saturated rings. The van der Waals surface area contributed by atoms with E-state index in [1.807, 2.05) is 6.92 Å². The summed E-state index contributed by atoms with van der Waals surface area (Å²) in [6.45, 7) is 5.19. The van der Waals surface area contributed by atoms with E-state index >= 15 is 0 Å². The molecule has 0 aliphatic carbocycles. The number of aliphatic hydroxyl groups excluding tert-OH is 1. The lowest BCUT2D eigenvalue weighted by molar-refractivity contribution is -0.126. The first-order valence-corrected chi connectivity index (χ1v) is 4.14. The standard InChI is InChI=1S/C8H18N2O2/c1-4-8(3,9)7(12)10-6(2)5-11/h6,11H,4-5,9H2,1-3H3,(H,10,12)/t6-,8?/m0/s1. The van der Waals surface area contributed by atoms with Crippen molar-refractivity contribution in [1.82, 2.24) is 5.32 Å². The van der Waals surface area contributed by atoms with Crippen LogP contribution in [0.3, 0.4) is 0 Å². The van der Waals surface area contributed by atoms with Crippen molar-refractivity contribution < 1.29 is 9.90 Å². The fourth-order valence-corrected chi connectivity index (χ4v) is 0.595. The normalized spacial score (nSPS) is 18.1. The van der Waals surface area contributed by atoms with E-state index < -0.39 is 5.54 Å². The van der Waals surface area contributed by atoms with Gasteiger partial charge in [0.25, 0.3) is 0 Å². The zero-order valence-electron chi connectivity index (χ0n) is 7.92. The van der Waals surface area contributed by atoms with Crippen LogP contribution in [0.1, 0.15) is 27.2 Å². The highest BCUT2D eigenvalue weighted by atomic mass is 16.3. The van der Waals surface area contributed by atoms with Crippen LogP contribution in [0.15, 0.2) is 0 Å². The number of hydrogen-bond donors (Lipinski definition) is 3. The van der Waals surface area contributed by atoms with Crippen molar-refractivity contribution in [3.8, 4) is 0 Å². The Labute approximate surface area is 73.1 Å². The van der Waals surface area contributed by atoms with Gasteiger partial charge in [-0.05, 0) is 20.3 Å². The molecule has 0 aliphatic heterocycles. The minimum Gasteiger partial charge on any atom is -0.394 e. The van der Waals surface area contributed by atoms with E-state index in [9.17, 15) is 4.79 Å². The van der Waals surface area contributed by atoms with Gasteiger partial charge in [-0.1, -0.05) is 6.92 Å². The van der Waals surface area contributed by atoms with Gasteiger partial charge in [-0.25, -0.2) is 0 Å². The van der Waals surface area contributed by atoms with Crippen LogP contribution in [0, 0.1) is 0 Å². The first-order chi connectivity index (χ1) is 5.44. The van der Waals surface area contributed by atoms with E-state index in [1.54, 1.807) is 13.8 Å². The number of nitrogens with one attached hydrogen (secondary N) is 1. The van der Waals surface area contributed by atoms with Gasteiger partial charge in [0.2, 0.25) is 5.91 Å². The van der Waals surface area contributed by atoms with Gasteiger partial charge >= 0.3 is 0 Å². The summed E-state index contributed by atoms with van der Waals surface area (Å²) in [5.74, 6) is -0.216. The monoisotopic (exact) mass is 174 g/mol. The lowest BCUT2D eigenvalue weighted by Gasteiger charge is -2.23. The molecular formula is C8H18N2O2. The van der Waals surface area contributed by atoms with Crippen LogP contribution < -0.4 is 11.1 Å². The molecule has 4 nitrogen and oxygen atoms in total. The number of carbonyl (C=O) groups excluding carboxylic acids is 1. The molecule has 0 aromatic rings. The van der Waals surface area contributed by atoms with E-state index in [0.717, 1.165) is 0 Å². The van der Waals surface area contributed by atoms with Crippen LogP contribution in [0.2, 0.25) is 0 Å². The van der Waals surface area contributed by atoms with Crippen LogP contribution in [-0.2, 0) is 4.79 Å². The number of nitrogens with two attached hydrogens (primary N) is 1. The minimum atomic E-state index is -0.830. The molecule has 0 aromatic carbocycles. The minimum absolute atomic E-state index is 0.0640. The molecule has 0 heterocycles. The summed E-state index contributed by atoms with van der Waals surface area (Å²) in [4.78, 5) is 11.3. The highest BCUT2D eigenvalue weighted by Gasteiger charge is 2.26. The van der Waals surface area contributed by atoms with E-state index in [4.69, 9.17) is 10.8 Å². The molecule has 4 heteroatoms. The Morgan fingerprint density at radius 3 is 2.58 bits per heavy atom. The van der Waals surface area contributed by atoms with Gasteiger partial charge in [0, 0.05) is 6.04 Å². The maximum absolute atomic E-state index is 11.3. The lowest BCUT2D eigenvalue weighted by atomic mass is 9.99. The second-order valence-electron chi connectivity index (χ2n) is 3.33. The van der Waals surface area contributed by atoms with Gasteiger partial charge in [-0.15, -0.1) is 0 Å². The Hall–Kier alpha value is -0.610. The van der Waals surface area contributed by atoms with Crippen LogP contribution in [0.5, 0.6) is 0 Å². The summed E-state index contributed by atoms with van der Waals surface area (Å²) in [6.07, 6.45) is 0.580. The Morgan fingerprint density at radius 2 is 2.25 bits per heavy atom. The fraction of sp³-hybridized carbons (Fsp3) is 0.875. The number of amides is 1. The smallest absolute Gasteiger partial charge is 0.240 e. The number of rotatable bonds is 4. The topological polar surface area (TPSA) is 75.4 Å². The molecule has 72 valence electrons. The zero-order valence-corrected chi connectivity index (χ0v) is 7.92. The third-order valence-electron chi connectivity index (χ3n) is 1.90. The molecule has 0 rings (SSSR count). The summed E-state index contributed by atoms with van der Waals surface area (Å²) in [5.41, 5.74) is 4.84. The maximum atomic E-state index is 11.3. The van der Waals surface area contributed by atoms with Crippen LogP contribution in [0.4, 0.5) is 0 Å². The van der Waals surface area contributed by atoms with Gasteiger partial charge in [0.05, 0.1) is 12.1 Å². The summed E-state index contributed by atoms with van der Waals surface area (Å²) < 4.78 is 0. The Kier molecular flexibility index (Phi) is 4.20. The molecule has 0 saturated heterocycles. The summed E-state index contributed by atoms with van der Waals surface area (Å²) in [5, 5.41) is 11.3. The SMILES string of the molecule is CCC(C)(N)C(=O)N[C@@H](C)CO. The highest BCUT2D eigenvalue weighted by Crippen LogP contribution is 2.04. The van der Waals surface area contributed by atoms with Crippen LogP contribution in [0.25, 0.3) is 0 Å². The molecule has 0 bridgehead atoms. The van der Waals surface area contributed by atoms with Crippen LogP contribution in [-0.4, -0.2) is 29.2 Å². The van der Waals surface area contributed by atoms with Gasteiger partial charge in [-0.3, -0.25) is 4.79 Å². The predicted octanol–water partition coefficient (Wildman–Crippen LogP) is -0.389. The molecule has 0 radical (unpaired) electrons. The van der Waals surface area contributed by atoms with E-state index in [2.05, 4.69) is 5.32 Å².